The molecule has 0 aliphatic heterocycles. The second kappa shape index (κ2) is 15.8. The van der Waals surface area contributed by atoms with Crippen molar-refractivity contribution in [3.8, 4) is 0 Å². The molecule has 240 valence electrons. The Morgan fingerprint density at radius 2 is 1.14 bits per heavy atom. The van der Waals surface area contributed by atoms with E-state index in [4.69, 9.17) is 0 Å². The molecule has 0 radical (unpaired) electrons. The summed E-state index contributed by atoms with van der Waals surface area (Å²) in [5, 5.41) is 30.5. The standard InChI is InChI=1S/C40H56O4/c1-28(17-13-19-30(3)21-23-34-32(5)37(44)35(42)27-38(34,6)7)15-11-12-16-29(2)18-14-20-31(4)22-24-36(43)40(10)26-33(41)25-39(40,8)9/h11-24,33,35,37,41-42,44H,25-27H2,1-10H3/b12-11+,17-13+,18-14+,23-21+,24-22+,28-15+,29-16+,30-19+,31-20+/t33-,35-,37+,40-/m0/s1. The summed E-state index contributed by atoms with van der Waals surface area (Å²) in [5.74, 6) is 0.0775. The zero-order valence-electron chi connectivity index (χ0n) is 28.7. The zero-order chi connectivity index (χ0) is 33.3. The fraction of sp³-hybridized carbons (Fsp3) is 0.475. The first-order valence-corrected chi connectivity index (χ1v) is 15.8. The van der Waals surface area contributed by atoms with Gasteiger partial charge in [-0.2, -0.15) is 0 Å². The summed E-state index contributed by atoms with van der Waals surface area (Å²) < 4.78 is 0. The van der Waals surface area contributed by atoms with Crippen molar-refractivity contribution in [2.75, 3.05) is 0 Å². The van der Waals surface area contributed by atoms with Crippen LogP contribution in [0.15, 0.2) is 119 Å². The zero-order valence-corrected chi connectivity index (χ0v) is 28.7. The Labute approximate surface area is 267 Å². The van der Waals surface area contributed by atoms with E-state index in [9.17, 15) is 20.1 Å². The lowest BCUT2D eigenvalue weighted by molar-refractivity contribution is -0.127. The maximum atomic E-state index is 12.9. The van der Waals surface area contributed by atoms with Crippen molar-refractivity contribution in [1.82, 2.24) is 0 Å². The van der Waals surface area contributed by atoms with Crippen LogP contribution in [0, 0.1) is 16.2 Å². The van der Waals surface area contributed by atoms with Gasteiger partial charge in [0.05, 0.1) is 12.2 Å². The molecule has 0 unspecified atom stereocenters. The van der Waals surface area contributed by atoms with Crippen LogP contribution in [0.5, 0.6) is 0 Å². The Hall–Kier alpha value is -3.05. The first-order chi connectivity index (χ1) is 20.4. The summed E-state index contributed by atoms with van der Waals surface area (Å²) in [6.07, 6.45) is 27.7. The Bertz CT molecular complexity index is 1350. The number of carbonyl (C=O) groups excluding carboxylic acids is 1. The molecule has 0 aromatic heterocycles. The Balaban J connectivity index is 1.91. The van der Waals surface area contributed by atoms with Crippen molar-refractivity contribution in [3.63, 3.8) is 0 Å². The third kappa shape index (κ3) is 10.3. The third-order valence-electron chi connectivity index (χ3n) is 9.39. The Kier molecular flexibility index (Phi) is 13.3. The van der Waals surface area contributed by atoms with Crippen molar-refractivity contribution < 1.29 is 20.1 Å². The highest BCUT2D eigenvalue weighted by atomic mass is 16.3. The molecule has 2 aliphatic carbocycles. The lowest BCUT2D eigenvalue weighted by Gasteiger charge is -2.38. The largest absolute Gasteiger partial charge is 0.393 e. The molecule has 0 aromatic rings. The van der Waals surface area contributed by atoms with Gasteiger partial charge in [-0.15, -0.1) is 0 Å². The Morgan fingerprint density at radius 1 is 0.659 bits per heavy atom. The number of carbonyl (C=O) groups is 1. The van der Waals surface area contributed by atoms with Gasteiger partial charge in [-0.05, 0) is 81.9 Å². The summed E-state index contributed by atoms with van der Waals surface area (Å²) in [6.45, 7) is 20.3. The number of aliphatic hydroxyl groups excluding tert-OH is 3. The van der Waals surface area contributed by atoms with Gasteiger partial charge >= 0.3 is 0 Å². The van der Waals surface area contributed by atoms with Gasteiger partial charge in [-0.1, -0.05) is 136 Å². The fourth-order valence-electron chi connectivity index (χ4n) is 6.10. The smallest absolute Gasteiger partial charge is 0.162 e. The SMILES string of the molecule is CC1=C(/C=C/C(C)=C/C=C/C(C)=C/C=C/C=C(C)/C=C/C=C(C)/C=C/C(=O)[C@]2(C)C[C@@H](O)CC2(C)C)C(C)(C)C[C@H](O)[C@@H]1O. The van der Waals surface area contributed by atoms with Crippen molar-refractivity contribution >= 4 is 5.78 Å². The molecular formula is C40H56O4. The van der Waals surface area contributed by atoms with Crippen LogP contribution in [0.3, 0.4) is 0 Å². The number of allylic oxidation sites excluding steroid dienone is 19. The van der Waals surface area contributed by atoms with Crippen molar-refractivity contribution in [2.24, 2.45) is 16.2 Å². The van der Waals surface area contributed by atoms with Crippen molar-refractivity contribution in [3.05, 3.63) is 119 Å². The quantitative estimate of drug-likeness (QED) is 0.164. The van der Waals surface area contributed by atoms with E-state index in [-0.39, 0.29) is 16.6 Å². The van der Waals surface area contributed by atoms with Crippen LogP contribution in [-0.2, 0) is 4.79 Å². The average molecular weight is 601 g/mol. The van der Waals surface area contributed by atoms with Gasteiger partial charge in [0.25, 0.3) is 0 Å². The van der Waals surface area contributed by atoms with Crippen LogP contribution in [0.4, 0.5) is 0 Å². The molecule has 0 saturated heterocycles. The lowest BCUT2D eigenvalue weighted by Crippen LogP contribution is -2.38. The van der Waals surface area contributed by atoms with E-state index in [1.54, 1.807) is 6.08 Å². The first-order valence-electron chi connectivity index (χ1n) is 15.8. The van der Waals surface area contributed by atoms with Crippen LogP contribution in [0.25, 0.3) is 0 Å². The highest BCUT2D eigenvalue weighted by molar-refractivity contribution is 5.95. The predicted octanol–water partition coefficient (Wildman–Crippen LogP) is 8.78. The maximum Gasteiger partial charge on any atom is 0.162 e. The molecular weight excluding hydrogens is 544 g/mol. The minimum atomic E-state index is -0.801. The van der Waals surface area contributed by atoms with Crippen molar-refractivity contribution in [1.29, 1.82) is 0 Å². The van der Waals surface area contributed by atoms with Gasteiger partial charge in [0, 0.05) is 5.41 Å². The molecule has 0 bridgehead atoms. The molecule has 2 rings (SSSR count). The second-order valence-electron chi connectivity index (χ2n) is 14.3. The number of aliphatic hydroxyl groups is 3. The fourth-order valence-corrected chi connectivity index (χ4v) is 6.10. The minimum absolute atomic E-state index is 0.0775. The number of hydrogen-bond acceptors (Lipinski definition) is 4. The molecule has 1 saturated carbocycles. The van der Waals surface area contributed by atoms with E-state index in [0.29, 0.717) is 19.3 Å². The summed E-state index contributed by atoms with van der Waals surface area (Å²) in [6, 6.07) is 0. The first kappa shape index (κ1) is 37.1. The summed E-state index contributed by atoms with van der Waals surface area (Å²) in [4.78, 5) is 12.9. The van der Waals surface area contributed by atoms with E-state index >= 15 is 0 Å². The van der Waals surface area contributed by atoms with Gasteiger partial charge in [-0.3, -0.25) is 4.79 Å². The second-order valence-corrected chi connectivity index (χ2v) is 14.3. The third-order valence-corrected chi connectivity index (χ3v) is 9.39. The molecule has 2 aliphatic rings. The highest BCUT2D eigenvalue weighted by Crippen LogP contribution is 2.53. The average Bonchev–Trinajstić information content (AvgIpc) is 3.14. The molecule has 4 nitrogen and oxygen atoms in total. The van der Waals surface area contributed by atoms with Gasteiger partial charge in [0.15, 0.2) is 5.78 Å². The predicted molar refractivity (Wildman–Crippen MR) is 186 cm³/mol. The topological polar surface area (TPSA) is 77.8 Å². The molecule has 0 heterocycles. The normalized spacial score (nSPS) is 29.1. The summed E-state index contributed by atoms with van der Waals surface area (Å²) >= 11 is 0. The molecule has 4 heteroatoms. The van der Waals surface area contributed by atoms with Crippen LogP contribution in [0.2, 0.25) is 0 Å². The molecule has 0 spiro atoms. The van der Waals surface area contributed by atoms with Crippen LogP contribution < -0.4 is 0 Å². The Morgan fingerprint density at radius 3 is 1.64 bits per heavy atom. The van der Waals surface area contributed by atoms with Gasteiger partial charge in [0.1, 0.15) is 6.10 Å². The van der Waals surface area contributed by atoms with Gasteiger partial charge in [0.2, 0.25) is 0 Å². The summed E-state index contributed by atoms with van der Waals surface area (Å²) in [5.41, 5.74) is 5.31. The molecule has 0 aromatic carbocycles. The van der Waals surface area contributed by atoms with Crippen LogP contribution in [-0.4, -0.2) is 39.4 Å². The van der Waals surface area contributed by atoms with Gasteiger partial charge in [-0.25, -0.2) is 0 Å². The molecule has 4 atom stereocenters. The van der Waals surface area contributed by atoms with Crippen LogP contribution in [0.1, 0.15) is 88.5 Å². The maximum absolute atomic E-state index is 12.9. The highest BCUT2D eigenvalue weighted by Gasteiger charge is 2.52. The monoisotopic (exact) mass is 600 g/mol. The van der Waals surface area contributed by atoms with E-state index in [1.807, 2.05) is 77.2 Å². The van der Waals surface area contributed by atoms with Crippen LogP contribution >= 0.6 is 0 Å². The number of ketones is 1. The lowest BCUT2D eigenvalue weighted by atomic mass is 9.66. The van der Waals surface area contributed by atoms with Gasteiger partial charge < -0.3 is 15.3 Å². The van der Waals surface area contributed by atoms with Crippen molar-refractivity contribution in [2.45, 2.75) is 107 Å². The molecule has 44 heavy (non-hydrogen) atoms. The molecule has 0 amide bonds. The number of hydrogen-bond donors (Lipinski definition) is 3. The van der Waals surface area contributed by atoms with E-state index in [1.165, 1.54) is 0 Å². The molecule has 3 N–H and O–H groups in total. The van der Waals surface area contributed by atoms with E-state index in [2.05, 4.69) is 71.1 Å². The molecule has 1 fully saturated rings. The number of rotatable bonds is 11. The summed E-state index contributed by atoms with van der Waals surface area (Å²) in [7, 11) is 0. The van der Waals surface area contributed by atoms with E-state index in [0.717, 1.165) is 33.4 Å². The minimum Gasteiger partial charge on any atom is -0.393 e. The van der Waals surface area contributed by atoms with E-state index < -0.39 is 23.7 Å².